The van der Waals surface area contributed by atoms with E-state index in [1.807, 2.05) is 0 Å². The predicted molar refractivity (Wildman–Crippen MR) is 61.9 cm³/mol. The summed E-state index contributed by atoms with van der Waals surface area (Å²) in [4.78, 5) is 19.5. The molecule has 4 N–H and O–H groups in total. The number of aryl methyl sites for hydroxylation is 1. The Morgan fingerprint density at radius 2 is 2.22 bits per heavy atom. The molecule has 18 heavy (non-hydrogen) atoms. The summed E-state index contributed by atoms with van der Waals surface area (Å²) >= 11 is 0. The van der Waals surface area contributed by atoms with Crippen LogP contribution in [-0.4, -0.2) is 34.4 Å². The zero-order valence-electron chi connectivity index (χ0n) is 9.26. The van der Waals surface area contributed by atoms with E-state index in [0.717, 1.165) is 6.20 Å². The summed E-state index contributed by atoms with van der Waals surface area (Å²) in [6.07, 6.45) is 2.34. The topological polar surface area (TPSA) is 128 Å². The van der Waals surface area contributed by atoms with Crippen LogP contribution in [0.15, 0.2) is 23.6 Å². The molecule has 0 atom stereocenters. The van der Waals surface area contributed by atoms with Crippen LogP contribution in [0, 0.1) is 6.92 Å². The van der Waals surface area contributed by atoms with Gasteiger partial charge in [0, 0.05) is 5.69 Å². The van der Waals surface area contributed by atoms with Crippen molar-refractivity contribution < 1.29 is 18.3 Å². The lowest BCUT2D eigenvalue weighted by Gasteiger charge is -2.04. The predicted octanol–water partition coefficient (Wildman–Crippen LogP) is 0.545. The molecular weight excluding hydrogens is 260 g/mol. The van der Waals surface area contributed by atoms with Gasteiger partial charge in [-0.3, -0.25) is 4.72 Å². The van der Waals surface area contributed by atoms with Crippen molar-refractivity contribution in [3.05, 3.63) is 30.0 Å². The Morgan fingerprint density at radius 1 is 1.50 bits per heavy atom. The molecule has 0 saturated heterocycles. The maximum absolute atomic E-state index is 11.9. The zero-order chi connectivity index (χ0) is 13.3. The largest absolute Gasteiger partial charge is 0.477 e. The second-order valence-electron chi connectivity index (χ2n) is 3.57. The molecule has 0 spiro atoms. The third-order valence-corrected chi connectivity index (χ3v) is 3.46. The average molecular weight is 270 g/mol. The first-order valence-electron chi connectivity index (χ1n) is 4.84. The first kappa shape index (κ1) is 12.2. The van der Waals surface area contributed by atoms with Crippen molar-refractivity contribution in [1.29, 1.82) is 0 Å². The van der Waals surface area contributed by atoms with E-state index in [2.05, 4.69) is 19.7 Å². The number of rotatable bonds is 4. The summed E-state index contributed by atoms with van der Waals surface area (Å²) in [6, 6.07) is 1.40. The van der Waals surface area contributed by atoms with Gasteiger partial charge in [-0.05, 0) is 13.0 Å². The molecule has 0 bridgehead atoms. The lowest BCUT2D eigenvalue weighted by Crippen LogP contribution is -2.15. The average Bonchev–Trinajstić information content (AvgIpc) is 2.86. The summed E-state index contributed by atoms with van der Waals surface area (Å²) in [5.74, 6) is -1.24. The number of carbonyl (C=O) groups is 1. The van der Waals surface area contributed by atoms with Crippen LogP contribution in [0.5, 0.6) is 0 Å². The van der Waals surface area contributed by atoms with Crippen LogP contribution < -0.4 is 4.72 Å². The molecule has 2 rings (SSSR count). The fourth-order valence-corrected chi connectivity index (χ4v) is 2.40. The number of aromatic nitrogens is 3. The quantitative estimate of drug-likeness (QED) is 0.644. The van der Waals surface area contributed by atoms with Gasteiger partial charge in [0.05, 0.1) is 18.2 Å². The third kappa shape index (κ3) is 2.20. The van der Waals surface area contributed by atoms with Crippen LogP contribution in [-0.2, 0) is 10.0 Å². The van der Waals surface area contributed by atoms with Gasteiger partial charge in [-0.25, -0.2) is 9.78 Å². The summed E-state index contributed by atoms with van der Waals surface area (Å²) in [5, 5.41) is 8.78. The van der Waals surface area contributed by atoms with Crippen LogP contribution in [0.2, 0.25) is 0 Å². The standard InChI is InChI=1S/C9H10N4O4S/c1-5-2-6(8(12-5)9(14)15)13-18(16,17)7-3-10-4-11-7/h2-4,12-13H,1H3,(H,10,11)(H,14,15). The van der Waals surface area contributed by atoms with E-state index in [4.69, 9.17) is 5.11 Å². The first-order chi connectivity index (χ1) is 8.40. The Labute approximate surface area is 102 Å². The maximum atomic E-state index is 11.9. The number of aromatic carboxylic acids is 1. The lowest BCUT2D eigenvalue weighted by molar-refractivity contribution is 0.0692. The number of nitrogens with one attached hydrogen (secondary N) is 3. The number of carboxylic acid groups (broad SMARTS) is 1. The van der Waals surface area contributed by atoms with Gasteiger partial charge in [0.1, 0.15) is 5.69 Å². The number of nitrogens with zero attached hydrogens (tertiary/aromatic N) is 1. The molecule has 0 aliphatic carbocycles. The van der Waals surface area contributed by atoms with Gasteiger partial charge in [-0.1, -0.05) is 0 Å². The van der Waals surface area contributed by atoms with E-state index < -0.39 is 16.0 Å². The number of aromatic amines is 2. The smallest absolute Gasteiger partial charge is 0.354 e. The SMILES string of the molecule is Cc1cc(NS(=O)(=O)c2cnc[nH]2)c(C(=O)O)[nH]1. The number of sulfonamides is 1. The van der Waals surface area contributed by atoms with Gasteiger partial charge >= 0.3 is 5.97 Å². The molecule has 2 aromatic heterocycles. The van der Waals surface area contributed by atoms with E-state index in [-0.39, 0.29) is 16.4 Å². The van der Waals surface area contributed by atoms with Crippen molar-refractivity contribution in [3.8, 4) is 0 Å². The highest BCUT2D eigenvalue weighted by molar-refractivity contribution is 7.92. The highest BCUT2D eigenvalue weighted by Crippen LogP contribution is 2.20. The molecule has 0 unspecified atom stereocenters. The number of imidazole rings is 1. The van der Waals surface area contributed by atoms with Gasteiger partial charge in [0.2, 0.25) is 0 Å². The van der Waals surface area contributed by atoms with E-state index in [9.17, 15) is 13.2 Å². The summed E-state index contributed by atoms with van der Waals surface area (Å²) in [6.45, 7) is 1.63. The molecule has 96 valence electrons. The van der Waals surface area contributed by atoms with Gasteiger partial charge in [0.25, 0.3) is 10.0 Å². The highest BCUT2D eigenvalue weighted by atomic mass is 32.2. The fraction of sp³-hybridized carbons (Fsp3) is 0.111. The summed E-state index contributed by atoms with van der Waals surface area (Å²) in [7, 11) is -3.86. The molecule has 0 fully saturated rings. The Hall–Kier alpha value is -2.29. The Balaban J connectivity index is 2.38. The number of anilines is 1. The molecule has 9 heteroatoms. The van der Waals surface area contributed by atoms with Gasteiger partial charge in [0.15, 0.2) is 5.03 Å². The Kier molecular flexibility index (Phi) is 2.83. The van der Waals surface area contributed by atoms with E-state index in [1.54, 1.807) is 6.92 Å². The molecule has 8 nitrogen and oxygen atoms in total. The fourth-order valence-electron chi connectivity index (χ4n) is 1.43. The van der Waals surface area contributed by atoms with Crippen LogP contribution in [0.4, 0.5) is 5.69 Å². The van der Waals surface area contributed by atoms with E-state index >= 15 is 0 Å². The maximum Gasteiger partial charge on any atom is 0.354 e. The number of carboxylic acids is 1. The molecule has 0 aromatic carbocycles. The van der Waals surface area contributed by atoms with E-state index in [0.29, 0.717) is 5.69 Å². The van der Waals surface area contributed by atoms with Crippen LogP contribution >= 0.6 is 0 Å². The van der Waals surface area contributed by atoms with Crippen LogP contribution in [0.3, 0.4) is 0 Å². The molecule has 0 saturated carbocycles. The molecule has 0 amide bonds. The Bertz CT molecular complexity index is 671. The highest BCUT2D eigenvalue weighted by Gasteiger charge is 2.21. The second kappa shape index (κ2) is 4.18. The van der Waals surface area contributed by atoms with Crippen LogP contribution in [0.25, 0.3) is 0 Å². The van der Waals surface area contributed by atoms with Crippen molar-refractivity contribution in [2.24, 2.45) is 0 Å². The zero-order valence-corrected chi connectivity index (χ0v) is 10.1. The van der Waals surface area contributed by atoms with Crippen LogP contribution in [0.1, 0.15) is 16.2 Å². The summed E-state index contributed by atoms with van der Waals surface area (Å²) < 4.78 is 25.9. The normalized spacial score (nSPS) is 11.4. The first-order valence-corrected chi connectivity index (χ1v) is 6.32. The van der Waals surface area contributed by atoms with Crippen molar-refractivity contribution in [2.75, 3.05) is 4.72 Å². The second-order valence-corrected chi connectivity index (χ2v) is 5.22. The van der Waals surface area contributed by atoms with Crippen molar-refractivity contribution >= 4 is 21.7 Å². The lowest BCUT2D eigenvalue weighted by atomic mass is 10.4. The minimum atomic E-state index is -3.86. The monoisotopic (exact) mass is 270 g/mol. The summed E-state index contributed by atoms with van der Waals surface area (Å²) in [5.41, 5.74) is 0.305. The number of H-pyrrole nitrogens is 2. The minimum absolute atomic E-state index is 0.0189. The van der Waals surface area contributed by atoms with Gasteiger partial charge in [-0.15, -0.1) is 0 Å². The van der Waals surface area contributed by atoms with E-state index in [1.165, 1.54) is 12.4 Å². The Morgan fingerprint density at radius 3 is 2.78 bits per heavy atom. The van der Waals surface area contributed by atoms with Crippen molar-refractivity contribution in [3.63, 3.8) is 0 Å². The third-order valence-electron chi connectivity index (χ3n) is 2.17. The molecular formula is C9H10N4O4S. The molecule has 2 heterocycles. The van der Waals surface area contributed by atoms with Crippen molar-refractivity contribution in [2.45, 2.75) is 11.9 Å². The van der Waals surface area contributed by atoms with Crippen molar-refractivity contribution in [1.82, 2.24) is 15.0 Å². The minimum Gasteiger partial charge on any atom is -0.477 e. The van der Waals surface area contributed by atoms with Gasteiger partial charge < -0.3 is 15.1 Å². The molecule has 0 radical (unpaired) electrons. The molecule has 0 aliphatic heterocycles. The molecule has 0 aliphatic rings. The number of hydrogen-bond donors (Lipinski definition) is 4. The number of hydrogen-bond acceptors (Lipinski definition) is 4. The molecule has 2 aromatic rings. The van der Waals surface area contributed by atoms with Gasteiger partial charge in [-0.2, -0.15) is 8.42 Å².